The summed E-state index contributed by atoms with van der Waals surface area (Å²) in [7, 11) is 0. The van der Waals surface area contributed by atoms with Gasteiger partial charge in [0.2, 0.25) is 11.8 Å². The third-order valence-electron chi connectivity index (χ3n) is 5.83. The minimum atomic E-state index is -0.134. The van der Waals surface area contributed by atoms with Crippen LogP contribution in [0.1, 0.15) is 37.8 Å². The Morgan fingerprint density at radius 1 is 1.06 bits per heavy atom. The first kappa shape index (κ1) is 23.1. The van der Waals surface area contributed by atoms with Crippen molar-refractivity contribution in [3.8, 4) is 5.75 Å². The maximum atomic E-state index is 12.7. The Balaban J connectivity index is 1.53. The van der Waals surface area contributed by atoms with Gasteiger partial charge in [-0.1, -0.05) is 43.6 Å². The van der Waals surface area contributed by atoms with Gasteiger partial charge in [-0.3, -0.25) is 14.5 Å². The highest BCUT2D eigenvalue weighted by molar-refractivity contribution is 6.32. The van der Waals surface area contributed by atoms with Gasteiger partial charge in [-0.05, 0) is 68.1 Å². The van der Waals surface area contributed by atoms with Crippen LogP contribution in [0.3, 0.4) is 0 Å². The monoisotopic (exact) mass is 443 g/mol. The molecule has 3 rings (SSSR count). The molecule has 2 amide bonds. The fourth-order valence-corrected chi connectivity index (χ4v) is 4.31. The van der Waals surface area contributed by atoms with Gasteiger partial charge in [0, 0.05) is 16.6 Å². The lowest BCUT2D eigenvalue weighted by atomic mass is 9.95. The van der Waals surface area contributed by atoms with Crippen LogP contribution in [-0.2, 0) is 22.4 Å². The Labute approximate surface area is 188 Å². The summed E-state index contributed by atoms with van der Waals surface area (Å²) in [4.78, 5) is 27.3. The second-order valence-corrected chi connectivity index (χ2v) is 8.28. The molecule has 0 radical (unpaired) electrons. The minimum Gasteiger partial charge on any atom is -0.506 e. The van der Waals surface area contributed by atoms with Gasteiger partial charge in [0.15, 0.2) is 0 Å². The van der Waals surface area contributed by atoms with Crippen LogP contribution in [0.4, 0.5) is 11.4 Å². The van der Waals surface area contributed by atoms with Gasteiger partial charge in [-0.15, -0.1) is 0 Å². The van der Waals surface area contributed by atoms with E-state index in [1.54, 1.807) is 24.3 Å². The molecule has 0 atom stereocenters. The van der Waals surface area contributed by atoms with Gasteiger partial charge in [-0.2, -0.15) is 0 Å². The summed E-state index contributed by atoms with van der Waals surface area (Å²) in [6.45, 7) is 5.71. The van der Waals surface area contributed by atoms with Crippen molar-refractivity contribution in [1.29, 1.82) is 0 Å². The summed E-state index contributed by atoms with van der Waals surface area (Å²) in [5.74, 6) is -0.234. The molecule has 1 aliphatic rings. The van der Waals surface area contributed by atoms with Gasteiger partial charge < -0.3 is 15.7 Å². The maximum absolute atomic E-state index is 12.7. The van der Waals surface area contributed by atoms with Crippen molar-refractivity contribution >= 4 is 34.8 Å². The van der Waals surface area contributed by atoms with Crippen molar-refractivity contribution in [3.63, 3.8) is 0 Å². The Hall–Kier alpha value is -2.57. The van der Waals surface area contributed by atoms with Crippen LogP contribution in [-0.4, -0.2) is 41.5 Å². The standard InChI is InChI=1S/C24H30ClN3O3/c1-3-16-9-10-19(25)18(4-2)23(16)27-22(30)15-28-13-11-17(12-14-28)24(31)26-20-7-5-6-8-21(20)29/h5-10,17,29H,3-4,11-15H2,1-2H3,(H,26,31)(H,27,30). The number of nitrogens with zero attached hydrogens (tertiary/aromatic N) is 1. The van der Waals surface area contributed by atoms with E-state index in [2.05, 4.69) is 22.5 Å². The number of likely N-dealkylation sites (tertiary alicyclic amines) is 1. The van der Waals surface area contributed by atoms with Crippen LogP contribution < -0.4 is 10.6 Å². The third kappa shape index (κ3) is 5.77. The number of anilines is 2. The van der Waals surface area contributed by atoms with E-state index in [-0.39, 0.29) is 30.0 Å². The predicted octanol–water partition coefficient (Wildman–Crippen LogP) is 4.46. The lowest BCUT2D eigenvalue weighted by molar-refractivity contribution is -0.121. The van der Waals surface area contributed by atoms with E-state index >= 15 is 0 Å². The zero-order valence-corrected chi connectivity index (χ0v) is 18.8. The first-order valence-corrected chi connectivity index (χ1v) is 11.2. The van der Waals surface area contributed by atoms with Crippen molar-refractivity contribution in [2.24, 2.45) is 5.92 Å². The second kappa shape index (κ2) is 10.6. The number of halogens is 1. The number of para-hydroxylation sites is 2. The van der Waals surface area contributed by atoms with Gasteiger partial charge >= 0.3 is 0 Å². The van der Waals surface area contributed by atoms with Crippen LogP contribution in [0, 0.1) is 5.92 Å². The zero-order valence-electron chi connectivity index (χ0n) is 18.1. The van der Waals surface area contributed by atoms with Crippen molar-refractivity contribution in [3.05, 3.63) is 52.5 Å². The molecule has 0 aromatic heterocycles. The van der Waals surface area contributed by atoms with Crippen LogP contribution in [0.25, 0.3) is 0 Å². The SMILES string of the molecule is CCc1ccc(Cl)c(CC)c1NC(=O)CN1CCC(C(=O)Nc2ccccc2O)CC1. The number of piperidine rings is 1. The number of nitrogens with one attached hydrogen (secondary N) is 2. The molecule has 1 saturated heterocycles. The van der Waals surface area contributed by atoms with Crippen molar-refractivity contribution in [2.45, 2.75) is 39.5 Å². The van der Waals surface area contributed by atoms with E-state index in [1.165, 1.54) is 0 Å². The van der Waals surface area contributed by atoms with E-state index in [0.29, 0.717) is 36.6 Å². The van der Waals surface area contributed by atoms with E-state index in [4.69, 9.17) is 11.6 Å². The third-order valence-corrected chi connectivity index (χ3v) is 6.18. The van der Waals surface area contributed by atoms with Crippen LogP contribution in [0.15, 0.2) is 36.4 Å². The molecule has 1 aliphatic heterocycles. The molecule has 3 N–H and O–H groups in total. The topological polar surface area (TPSA) is 81.7 Å². The summed E-state index contributed by atoms with van der Waals surface area (Å²) in [6.07, 6.45) is 2.91. The second-order valence-electron chi connectivity index (χ2n) is 7.87. The average molecular weight is 444 g/mol. The molecule has 0 spiro atoms. The summed E-state index contributed by atoms with van der Waals surface area (Å²) in [6, 6.07) is 10.6. The summed E-state index contributed by atoms with van der Waals surface area (Å²) in [5.41, 5.74) is 3.30. The average Bonchev–Trinajstić information content (AvgIpc) is 2.76. The molecule has 31 heavy (non-hydrogen) atoms. The minimum absolute atomic E-state index is 0.0591. The largest absolute Gasteiger partial charge is 0.506 e. The molecule has 2 aromatic carbocycles. The summed E-state index contributed by atoms with van der Waals surface area (Å²) in [5, 5.41) is 16.4. The number of aryl methyl sites for hydroxylation is 1. The molecule has 1 fully saturated rings. The number of benzene rings is 2. The highest BCUT2D eigenvalue weighted by Crippen LogP contribution is 2.30. The van der Waals surface area contributed by atoms with Gasteiger partial charge in [-0.25, -0.2) is 0 Å². The fourth-order valence-electron chi connectivity index (χ4n) is 4.02. The molecular formula is C24H30ClN3O3. The normalized spacial score (nSPS) is 14.9. The molecule has 0 aliphatic carbocycles. The van der Waals surface area contributed by atoms with Crippen LogP contribution in [0.2, 0.25) is 5.02 Å². The number of carbonyl (C=O) groups is 2. The number of phenolic OH excluding ortho intramolecular Hbond substituents is 1. The first-order chi connectivity index (χ1) is 14.9. The Kier molecular flexibility index (Phi) is 7.93. The molecule has 0 unspecified atom stereocenters. The zero-order chi connectivity index (χ0) is 22.4. The molecule has 166 valence electrons. The molecular weight excluding hydrogens is 414 g/mol. The molecule has 1 heterocycles. The number of hydrogen-bond acceptors (Lipinski definition) is 4. The number of hydrogen-bond donors (Lipinski definition) is 3. The number of phenols is 1. The van der Waals surface area contributed by atoms with E-state index < -0.39 is 0 Å². The Morgan fingerprint density at radius 3 is 2.42 bits per heavy atom. The lowest BCUT2D eigenvalue weighted by Crippen LogP contribution is -2.42. The highest BCUT2D eigenvalue weighted by atomic mass is 35.5. The Bertz CT molecular complexity index is 940. The van der Waals surface area contributed by atoms with Crippen LogP contribution >= 0.6 is 11.6 Å². The Morgan fingerprint density at radius 2 is 1.77 bits per heavy atom. The highest BCUT2D eigenvalue weighted by Gasteiger charge is 2.26. The number of amides is 2. The van der Waals surface area contributed by atoms with Crippen molar-refractivity contribution in [2.75, 3.05) is 30.3 Å². The van der Waals surface area contributed by atoms with E-state index in [1.807, 2.05) is 19.1 Å². The van der Waals surface area contributed by atoms with Gasteiger partial charge in [0.1, 0.15) is 5.75 Å². The molecule has 2 aromatic rings. The number of rotatable bonds is 7. The fraction of sp³-hybridized carbons (Fsp3) is 0.417. The van der Waals surface area contributed by atoms with Crippen molar-refractivity contribution in [1.82, 2.24) is 4.90 Å². The number of aromatic hydroxyl groups is 1. The molecule has 0 saturated carbocycles. The van der Waals surface area contributed by atoms with E-state index in [9.17, 15) is 14.7 Å². The van der Waals surface area contributed by atoms with Crippen LogP contribution in [0.5, 0.6) is 5.75 Å². The molecule has 7 heteroatoms. The van der Waals surface area contributed by atoms with E-state index in [0.717, 1.165) is 29.7 Å². The predicted molar refractivity (Wildman–Crippen MR) is 125 cm³/mol. The van der Waals surface area contributed by atoms with Gasteiger partial charge in [0.25, 0.3) is 0 Å². The quantitative estimate of drug-likeness (QED) is 0.552. The van der Waals surface area contributed by atoms with Crippen molar-refractivity contribution < 1.29 is 14.7 Å². The van der Waals surface area contributed by atoms with Gasteiger partial charge in [0.05, 0.1) is 12.2 Å². The number of carbonyl (C=O) groups excluding carboxylic acids is 2. The molecule has 6 nitrogen and oxygen atoms in total. The lowest BCUT2D eigenvalue weighted by Gasteiger charge is -2.31. The summed E-state index contributed by atoms with van der Waals surface area (Å²) >= 11 is 6.33. The molecule has 0 bridgehead atoms. The smallest absolute Gasteiger partial charge is 0.238 e. The summed E-state index contributed by atoms with van der Waals surface area (Å²) < 4.78 is 0. The first-order valence-electron chi connectivity index (χ1n) is 10.8. The maximum Gasteiger partial charge on any atom is 0.238 e.